The van der Waals surface area contributed by atoms with E-state index >= 15 is 0 Å². The molecule has 2 aliphatic heterocycles. The van der Waals surface area contributed by atoms with Gasteiger partial charge in [0.2, 0.25) is 0 Å². The Kier molecular flexibility index (Phi) is 4.88. The molecule has 0 spiro atoms. The molecule has 2 aliphatic rings. The second-order valence-electron chi connectivity index (χ2n) is 7.80. The molecule has 4 heterocycles. The summed E-state index contributed by atoms with van der Waals surface area (Å²) < 4.78 is 45.8. The van der Waals surface area contributed by atoms with Crippen LogP contribution >= 0.6 is 0 Å². The number of fused-ring (bicyclic) bond motifs is 3. The molecule has 168 valence electrons. The molecule has 0 aliphatic carbocycles. The Hall–Kier alpha value is -3.41. The lowest BCUT2D eigenvalue weighted by atomic mass is 10.2. The molecular formula is C20H20F3N7O2. The van der Waals surface area contributed by atoms with Crippen molar-refractivity contribution in [1.82, 2.24) is 25.1 Å². The van der Waals surface area contributed by atoms with Crippen LogP contribution in [0.15, 0.2) is 30.5 Å². The van der Waals surface area contributed by atoms with E-state index < -0.39 is 12.7 Å². The molecule has 2 amide bonds. The van der Waals surface area contributed by atoms with Crippen LogP contribution in [0.1, 0.15) is 6.42 Å². The number of hydrogen-bond acceptors (Lipinski definition) is 6. The van der Waals surface area contributed by atoms with Gasteiger partial charge >= 0.3 is 12.2 Å². The largest absolute Gasteiger partial charge is 0.408 e. The maximum absolute atomic E-state index is 13.1. The summed E-state index contributed by atoms with van der Waals surface area (Å²) >= 11 is 0. The third-order valence-electron chi connectivity index (χ3n) is 5.61. The first kappa shape index (κ1) is 20.5. The summed E-state index contributed by atoms with van der Waals surface area (Å²) in [6.45, 7) is -0.0613. The molecule has 2 aromatic heterocycles. The van der Waals surface area contributed by atoms with Crippen molar-refractivity contribution in [3.63, 3.8) is 0 Å². The van der Waals surface area contributed by atoms with E-state index in [9.17, 15) is 18.0 Å². The Labute approximate surface area is 180 Å². The highest BCUT2D eigenvalue weighted by Gasteiger charge is 2.41. The van der Waals surface area contributed by atoms with Crippen molar-refractivity contribution in [2.24, 2.45) is 0 Å². The molecule has 9 nitrogen and oxygen atoms in total. The maximum Gasteiger partial charge on any atom is 0.408 e. The van der Waals surface area contributed by atoms with Gasteiger partial charge in [0.05, 0.1) is 30.3 Å². The van der Waals surface area contributed by atoms with Crippen LogP contribution in [-0.2, 0) is 11.3 Å². The highest BCUT2D eigenvalue weighted by Crippen LogP contribution is 2.36. The topological polar surface area (TPSA) is 97.2 Å². The zero-order valence-electron chi connectivity index (χ0n) is 17.1. The normalized spacial score (nSPS) is 20.2. The van der Waals surface area contributed by atoms with Crippen LogP contribution in [0, 0.1) is 0 Å². The van der Waals surface area contributed by atoms with Crippen molar-refractivity contribution in [3.05, 3.63) is 30.5 Å². The van der Waals surface area contributed by atoms with E-state index in [0.717, 1.165) is 11.1 Å². The van der Waals surface area contributed by atoms with Gasteiger partial charge in [-0.1, -0.05) is 0 Å². The number of aromatic nitrogens is 4. The lowest BCUT2D eigenvalue weighted by Gasteiger charge is -2.28. The van der Waals surface area contributed by atoms with Crippen molar-refractivity contribution in [2.45, 2.75) is 31.3 Å². The molecular weight excluding hydrogens is 427 g/mol. The summed E-state index contributed by atoms with van der Waals surface area (Å²) in [5, 5.41) is 9.54. The van der Waals surface area contributed by atoms with Crippen molar-refractivity contribution in [2.75, 3.05) is 30.4 Å². The Balaban J connectivity index is 1.57. The number of alkyl halides is 3. The highest BCUT2D eigenvalue weighted by molar-refractivity contribution is 5.90. The van der Waals surface area contributed by atoms with Crippen molar-refractivity contribution >= 4 is 28.6 Å². The van der Waals surface area contributed by atoms with Crippen LogP contribution in [0.4, 0.5) is 29.5 Å². The predicted octanol–water partition coefficient (Wildman–Crippen LogP) is 2.78. The number of carbonyl (C=O) groups excluding carboxylic acids is 1. The number of anilines is 2. The number of nitrogens with zero attached hydrogens (tertiary/aromatic N) is 5. The van der Waals surface area contributed by atoms with Gasteiger partial charge in [-0.2, -0.15) is 18.3 Å². The van der Waals surface area contributed by atoms with Gasteiger partial charge in [0, 0.05) is 24.8 Å². The molecule has 1 aromatic carbocycles. The number of nitrogens with one attached hydrogen (secondary N) is 2. The summed E-state index contributed by atoms with van der Waals surface area (Å²) in [4.78, 5) is 22.7. The molecule has 2 atom stereocenters. The number of rotatable bonds is 4. The first-order chi connectivity index (χ1) is 15.3. The number of morpholine rings is 1. The molecule has 2 fully saturated rings. The van der Waals surface area contributed by atoms with E-state index in [2.05, 4.69) is 25.6 Å². The lowest BCUT2D eigenvalue weighted by molar-refractivity contribution is -0.141. The third kappa shape index (κ3) is 3.81. The molecule has 0 saturated carbocycles. The summed E-state index contributed by atoms with van der Waals surface area (Å²) in [6, 6.07) is 6.53. The van der Waals surface area contributed by atoms with E-state index in [1.54, 1.807) is 24.3 Å². The van der Waals surface area contributed by atoms with Gasteiger partial charge in [-0.25, -0.2) is 19.4 Å². The molecule has 32 heavy (non-hydrogen) atoms. The summed E-state index contributed by atoms with van der Waals surface area (Å²) in [7, 11) is 1.51. The standard InChI is InChI=1S/C20H20F3N7O2/c1-24-19(31)26-12-4-2-11(3-5-12)16-27-17(29-8-14-6-13(29)9-32-14)15-7-25-30(18(15)28-16)10-20(21,22)23/h2-5,7,13-14H,6,8-10H2,1H3,(H2,24,26,31)/t13-,14-/m0/s1. The highest BCUT2D eigenvalue weighted by atomic mass is 19.4. The zero-order chi connectivity index (χ0) is 22.5. The number of ether oxygens (including phenoxy) is 1. The third-order valence-corrected chi connectivity index (χ3v) is 5.61. The number of benzene rings is 1. The van der Waals surface area contributed by atoms with Crippen LogP contribution in [0.5, 0.6) is 0 Å². The van der Waals surface area contributed by atoms with Gasteiger partial charge in [0.1, 0.15) is 12.4 Å². The molecule has 12 heteroatoms. The van der Waals surface area contributed by atoms with Gasteiger partial charge in [0.25, 0.3) is 0 Å². The van der Waals surface area contributed by atoms with E-state index in [4.69, 9.17) is 9.72 Å². The fourth-order valence-corrected chi connectivity index (χ4v) is 4.13. The van der Waals surface area contributed by atoms with Crippen LogP contribution in [0.25, 0.3) is 22.4 Å². The minimum Gasteiger partial charge on any atom is -0.374 e. The Morgan fingerprint density at radius 1 is 1.25 bits per heavy atom. The number of carbonyl (C=O) groups is 1. The molecule has 0 unspecified atom stereocenters. The number of urea groups is 1. The first-order valence-corrected chi connectivity index (χ1v) is 10.1. The SMILES string of the molecule is CNC(=O)Nc1ccc(-c2nc(N3C[C@@H]4C[C@H]3CO4)c3cnn(CC(F)(F)F)c3n2)cc1. The Morgan fingerprint density at radius 2 is 2.03 bits per heavy atom. The quantitative estimate of drug-likeness (QED) is 0.639. The average molecular weight is 447 g/mol. The van der Waals surface area contributed by atoms with E-state index in [0.29, 0.717) is 35.6 Å². The minimum atomic E-state index is -4.43. The molecule has 2 N–H and O–H groups in total. The number of hydrogen-bond donors (Lipinski definition) is 2. The monoisotopic (exact) mass is 447 g/mol. The average Bonchev–Trinajstić information content (AvgIpc) is 3.49. The minimum absolute atomic E-state index is 0.0914. The van der Waals surface area contributed by atoms with Gasteiger partial charge < -0.3 is 20.3 Å². The summed E-state index contributed by atoms with van der Waals surface area (Å²) in [5.41, 5.74) is 1.29. The Bertz CT molecular complexity index is 1160. The van der Waals surface area contributed by atoms with Crippen LogP contribution < -0.4 is 15.5 Å². The predicted molar refractivity (Wildman–Crippen MR) is 110 cm³/mol. The smallest absolute Gasteiger partial charge is 0.374 e. The first-order valence-electron chi connectivity index (χ1n) is 10.1. The molecule has 2 bridgehead atoms. The molecule has 0 radical (unpaired) electrons. The van der Waals surface area contributed by atoms with E-state index in [1.165, 1.54) is 13.2 Å². The second-order valence-corrected chi connectivity index (χ2v) is 7.80. The molecule has 5 rings (SSSR count). The van der Waals surface area contributed by atoms with E-state index in [-0.39, 0.29) is 29.6 Å². The van der Waals surface area contributed by atoms with Gasteiger partial charge in [-0.3, -0.25) is 0 Å². The maximum atomic E-state index is 13.1. The number of amides is 2. The van der Waals surface area contributed by atoms with Crippen molar-refractivity contribution in [1.29, 1.82) is 0 Å². The summed E-state index contributed by atoms with van der Waals surface area (Å²) in [5.74, 6) is 0.841. The zero-order valence-corrected chi connectivity index (χ0v) is 17.1. The molecule has 2 saturated heterocycles. The van der Waals surface area contributed by atoms with Crippen LogP contribution in [0.2, 0.25) is 0 Å². The van der Waals surface area contributed by atoms with E-state index in [1.807, 2.05) is 0 Å². The van der Waals surface area contributed by atoms with Gasteiger partial charge in [-0.15, -0.1) is 0 Å². The van der Waals surface area contributed by atoms with Gasteiger partial charge in [0.15, 0.2) is 11.5 Å². The van der Waals surface area contributed by atoms with Crippen LogP contribution in [0.3, 0.4) is 0 Å². The fraction of sp³-hybridized carbons (Fsp3) is 0.400. The molecule has 3 aromatic rings. The second kappa shape index (κ2) is 7.62. The fourth-order valence-electron chi connectivity index (χ4n) is 4.13. The number of halogens is 3. The lowest BCUT2D eigenvalue weighted by Crippen LogP contribution is -2.37. The van der Waals surface area contributed by atoms with Crippen molar-refractivity contribution < 1.29 is 22.7 Å². The van der Waals surface area contributed by atoms with Gasteiger partial charge in [-0.05, 0) is 30.7 Å². The summed E-state index contributed by atoms with van der Waals surface area (Å²) in [6.07, 6.45) is -2.09. The Morgan fingerprint density at radius 3 is 2.66 bits per heavy atom. The van der Waals surface area contributed by atoms with Crippen molar-refractivity contribution in [3.8, 4) is 11.4 Å². The van der Waals surface area contributed by atoms with Crippen LogP contribution in [-0.4, -0.2) is 64.3 Å².